The highest BCUT2D eigenvalue weighted by Crippen LogP contribution is 2.52. The average molecular weight is 379 g/mol. The lowest BCUT2D eigenvalue weighted by Gasteiger charge is -2.52. The number of fused-ring (bicyclic) bond motifs is 4. The van der Waals surface area contributed by atoms with Gasteiger partial charge in [-0.3, -0.25) is 0 Å². The van der Waals surface area contributed by atoms with Gasteiger partial charge in [-0.1, -0.05) is 18.2 Å². The molecule has 1 heterocycles. The monoisotopic (exact) mass is 379 g/mol. The standard InChI is InChI=1S/C23H26FN3O/c24-19-4-1-16-14-27(15-17(16)13-19)21(28)26-20-5-2-18(3-6-20)22-7-10-23(25,11-8-22)12-9-22/h1-6,13H,7-12,14-15,25H2,(H,26,28). The number of rotatable bonds is 2. The third kappa shape index (κ3) is 2.98. The zero-order chi connectivity index (χ0) is 19.4. The molecule has 1 aliphatic heterocycles. The molecule has 3 saturated carbocycles. The largest absolute Gasteiger partial charge is 0.325 e. The summed E-state index contributed by atoms with van der Waals surface area (Å²) in [5, 5.41) is 2.98. The van der Waals surface area contributed by atoms with Crippen LogP contribution in [0.3, 0.4) is 0 Å². The Labute approximate surface area is 164 Å². The van der Waals surface area contributed by atoms with E-state index in [4.69, 9.17) is 5.73 Å². The number of nitrogens with one attached hydrogen (secondary N) is 1. The van der Waals surface area contributed by atoms with Crippen LogP contribution in [0.5, 0.6) is 0 Å². The molecule has 2 aromatic carbocycles. The van der Waals surface area contributed by atoms with E-state index in [0.717, 1.165) is 55.3 Å². The van der Waals surface area contributed by atoms with Crippen molar-refractivity contribution in [3.63, 3.8) is 0 Å². The number of anilines is 1. The molecule has 146 valence electrons. The van der Waals surface area contributed by atoms with Crippen molar-refractivity contribution < 1.29 is 9.18 Å². The van der Waals surface area contributed by atoms with Gasteiger partial charge in [0.2, 0.25) is 0 Å². The maximum absolute atomic E-state index is 13.4. The summed E-state index contributed by atoms with van der Waals surface area (Å²) in [6.45, 7) is 0.963. The minimum atomic E-state index is -0.256. The molecular formula is C23H26FN3O. The molecule has 0 atom stereocenters. The number of halogens is 1. The van der Waals surface area contributed by atoms with Crippen LogP contribution in [0.1, 0.15) is 55.2 Å². The van der Waals surface area contributed by atoms with Crippen molar-refractivity contribution in [2.75, 3.05) is 5.32 Å². The summed E-state index contributed by atoms with van der Waals surface area (Å²) in [6, 6.07) is 12.9. The molecule has 5 heteroatoms. The predicted octanol–water partition coefficient (Wildman–Crippen LogP) is 4.68. The first-order chi connectivity index (χ1) is 13.4. The molecule has 4 nitrogen and oxygen atoms in total. The highest BCUT2D eigenvalue weighted by atomic mass is 19.1. The molecule has 0 radical (unpaired) electrons. The van der Waals surface area contributed by atoms with E-state index in [0.29, 0.717) is 13.1 Å². The van der Waals surface area contributed by atoms with E-state index in [1.807, 2.05) is 12.1 Å². The first-order valence-electron chi connectivity index (χ1n) is 10.2. The fourth-order valence-corrected chi connectivity index (χ4v) is 5.26. The van der Waals surface area contributed by atoms with Crippen molar-refractivity contribution in [3.8, 4) is 0 Å². The van der Waals surface area contributed by atoms with E-state index in [2.05, 4.69) is 17.4 Å². The van der Waals surface area contributed by atoms with Crippen LogP contribution in [0.4, 0.5) is 14.9 Å². The van der Waals surface area contributed by atoms with Gasteiger partial charge in [0, 0.05) is 24.3 Å². The van der Waals surface area contributed by atoms with Crippen LogP contribution in [0.25, 0.3) is 0 Å². The summed E-state index contributed by atoms with van der Waals surface area (Å²) >= 11 is 0. The number of carbonyl (C=O) groups is 1. The fourth-order valence-electron chi connectivity index (χ4n) is 5.26. The molecule has 0 spiro atoms. The van der Waals surface area contributed by atoms with E-state index < -0.39 is 0 Å². The molecule has 0 aromatic heterocycles. The van der Waals surface area contributed by atoms with Crippen LogP contribution >= 0.6 is 0 Å². The van der Waals surface area contributed by atoms with Crippen LogP contribution < -0.4 is 11.1 Å². The molecule has 28 heavy (non-hydrogen) atoms. The zero-order valence-electron chi connectivity index (χ0n) is 16.0. The molecule has 3 fully saturated rings. The lowest BCUT2D eigenvalue weighted by atomic mass is 9.55. The van der Waals surface area contributed by atoms with Crippen molar-refractivity contribution in [2.45, 2.75) is 62.6 Å². The van der Waals surface area contributed by atoms with E-state index in [-0.39, 0.29) is 22.8 Å². The molecule has 4 aliphatic rings. The van der Waals surface area contributed by atoms with Crippen LogP contribution in [-0.4, -0.2) is 16.5 Å². The Morgan fingerprint density at radius 2 is 1.57 bits per heavy atom. The Balaban J connectivity index is 1.25. The molecule has 2 bridgehead atoms. The maximum Gasteiger partial charge on any atom is 0.322 e. The molecule has 2 aromatic rings. The van der Waals surface area contributed by atoms with Crippen molar-refractivity contribution >= 4 is 11.7 Å². The third-order valence-electron chi connectivity index (χ3n) is 7.23. The summed E-state index contributed by atoms with van der Waals surface area (Å²) in [7, 11) is 0. The van der Waals surface area contributed by atoms with Gasteiger partial charge in [0.05, 0.1) is 0 Å². The van der Waals surface area contributed by atoms with Gasteiger partial charge in [-0.25, -0.2) is 9.18 Å². The zero-order valence-corrected chi connectivity index (χ0v) is 16.0. The first-order valence-corrected chi connectivity index (χ1v) is 10.2. The quantitative estimate of drug-likeness (QED) is 0.796. The predicted molar refractivity (Wildman–Crippen MR) is 107 cm³/mol. The Morgan fingerprint density at radius 1 is 0.929 bits per heavy atom. The van der Waals surface area contributed by atoms with Crippen molar-refractivity contribution in [3.05, 3.63) is 65.0 Å². The van der Waals surface area contributed by atoms with Crippen LogP contribution in [0.15, 0.2) is 42.5 Å². The number of benzene rings is 2. The highest BCUT2D eigenvalue weighted by Gasteiger charge is 2.47. The van der Waals surface area contributed by atoms with Crippen molar-refractivity contribution in [1.82, 2.24) is 4.90 Å². The third-order valence-corrected chi connectivity index (χ3v) is 7.23. The molecule has 3 aliphatic carbocycles. The molecule has 0 saturated heterocycles. The Bertz CT molecular complexity index is 899. The number of amides is 2. The van der Waals surface area contributed by atoms with Gasteiger partial charge in [0.15, 0.2) is 0 Å². The maximum atomic E-state index is 13.4. The lowest BCUT2D eigenvalue weighted by Crippen LogP contribution is -2.53. The minimum Gasteiger partial charge on any atom is -0.325 e. The number of hydrogen-bond acceptors (Lipinski definition) is 2. The summed E-state index contributed by atoms with van der Waals surface area (Å²) in [5.74, 6) is -0.256. The number of nitrogens with two attached hydrogens (primary N) is 1. The van der Waals surface area contributed by atoms with Crippen molar-refractivity contribution in [1.29, 1.82) is 0 Å². The Kier molecular flexibility index (Phi) is 3.98. The van der Waals surface area contributed by atoms with Gasteiger partial charge in [-0.2, -0.15) is 0 Å². The number of carbonyl (C=O) groups excluding carboxylic acids is 1. The van der Waals surface area contributed by atoms with E-state index in [1.165, 1.54) is 17.7 Å². The highest BCUT2D eigenvalue weighted by molar-refractivity contribution is 5.89. The summed E-state index contributed by atoms with van der Waals surface area (Å²) in [5.41, 5.74) is 10.8. The van der Waals surface area contributed by atoms with Crippen LogP contribution in [0, 0.1) is 5.82 Å². The molecule has 3 N–H and O–H groups in total. The van der Waals surface area contributed by atoms with E-state index in [9.17, 15) is 9.18 Å². The summed E-state index contributed by atoms with van der Waals surface area (Å²) in [4.78, 5) is 14.3. The number of nitrogens with zero attached hydrogens (tertiary/aromatic N) is 1. The SMILES string of the molecule is NC12CCC(c3ccc(NC(=O)N4Cc5ccc(F)cc5C4)cc3)(CC1)CC2. The van der Waals surface area contributed by atoms with Crippen LogP contribution in [0.2, 0.25) is 0 Å². The smallest absolute Gasteiger partial charge is 0.322 e. The van der Waals surface area contributed by atoms with Gasteiger partial charge in [-0.05, 0) is 84.9 Å². The first kappa shape index (κ1) is 17.7. The van der Waals surface area contributed by atoms with Gasteiger partial charge in [0.1, 0.15) is 5.82 Å². The molecule has 0 unspecified atom stereocenters. The van der Waals surface area contributed by atoms with E-state index in [1.54, 1.807) is 11.0 Å². The van der Waals surface area contributed by atoms with Gasteiger partial charge in [-0.15, -0.1) is 0 Å². The summed E-state index contributed by atoms with van der Waals surface area (Å²) in [6.07, 6.45) is 6.83. The van der Waals surface area contributed by atoms with Crippen molar-refractivity contribution in [2.24, 2.45) is 5.73 Å². The van der Waals surface area contributed by atoms with Crippen LogP contribution in [-0.2, 0) is 18.5 Å². The number of hydrogen-bond donors (Lipinski definition) is 2. The fraction of sp³-hybridized carbons (Fsp3) is 0.435. The molecule has 2 amide bonds. The summed E-state index contributed by atoms with van der Waals surface area (Å²) < 4.78 is 13.4. The lowest BCUT2D eigenvalue weighted by molar-refractivity contribution is 0.107. The minimum absolute atomic E-state index is 0.0753. The molecular weight excluding hydrogens is 353 g/mol. The van der Waals surface area contributed by atoms with E-state index >= 15 is 0 Å². The Hall–Kier alpha value is -2.40. The number of urea groups is 1. The van der Waals surface area contributed by atoms with Gasteiger partial charge < -0.3 is 16.0 Å². The second-order valence-corrected chi connectivity index (χ2v) is 8.92. The van der Waals surface area contributed by atoms with Gasteiger partial charge >= 0.3 is 6.03 Å². The second kappa shape index (κ2) is 6.31. The second-order valence-electron chi connectivity index (χ2n) is 8.92. The normalized spacial score (nSPS) is 28.3. The average Bonchev–Trinajstić information content (AvgIpc) is 3.13. The molecule has 6 rings (SSSR count). The topological polar surface area (TPSA) is 58.4 Å². The Morgan fingerprint density at radius 3 is 2.25 bits per heavy atom. The van der Waals surface area contributed by atoms with Gasteiger partial charge in [0.25, 0.3) is 0 Å².